The maximum absolute atomic E-state index is 12.0. The molecule has 0 unspecified atom stereocenters. The number of nitrogens with one attached hydrogen (secondary N) is 1. The van der Waals surface area contributed by atoms with Crippen LogP contribution in [0, 0.1) is 5.92 Å². The molecule has 1 atom stereocenters. The van der Waals surface area contributed by atoms with Crippen LogP contribution in [0.5, 0.6) is 0 Å². The predicted octanol–water partition coefficient (Wildman–Crippen LogP) is 1.81. The van der Waals surface area contributed by atoms with E-state index in [2.05, 4.69) is 5.32 Å². The first-order valence-corrected chi connectivity index (χ1v) is 7.71. The van der Waals surface area contributed by atoms with Crippen LogP contribution in [-0.2, 0) is 30.6 Å². The summed E-state index contributed by atoms with van der Waals surface area (Å²) in [5, 5.41) is 19.0. The molecule has 2 rings (SSSR count). The summed E-state index contributed by atoms with van der Waals surface area (Å²) in [6.07, 6.45) is 4.79. The number of hydrogen-bond donors (Lipinski definition) is 3. The number of ketones is 1. The zero-order valence-corrected chi connectivity index (χ0v) is 15.2. The van der Waals surface area contributed by atoms with Gasteiger partial charge in [-0.1, -0.05) is 44.2 Å². The van der Waals surface area contributed by atoms with E-state index in [9.17, 15) is 9.59 Å². The molecule has 0 spiro atoms. The molecule has 0 heterocycles. The molecule has 3 N–H and O–H groups in total. The molecule has 0 saturated heterocycles. The van der Waals surface area contributed by atoms with E-state index in [0.29, 0.717) is 5.57 Å². The van der Waals surface area contributed by atoms with Crippen LogP contribution in [0.1, 0.15) is 25.0 Å². The number of carbonyl (C=O) groups excluding carboxylic acids is 1. The minimum absolute atomic E-state index is 0.0752. The molecule has 1 aromatic rings. The zero-order valence-electron chi connectivity index (χ0n) is 13.8. The summed E-state index contributed by atoms with van der Waals surface area (Å²) in [6.45, 7) is 3.64. The molecule has 1 aliphatic rings. The third-order valence-corrected chi connectivity index (χ3v) is 3.27. The van der Waals surface area contributed by atoms with Gasteiger partial charge in [0.15, 0.2) is 5.78 Å². The molecule has 0 saturated carbocycles. The van der Waals surface area contributed by atoms with Gasteiger partial charge in [-0.25, -0.2) is 4.79 Å². The van der Waals surface area contributed by atoms with E-state index in [4.69, 9.17) is 13.9 Å². The number of hydrogen-bond acceptors (Lipinski definition) is 5. The van der Waals surface area contributed by atoms with Gasteiger partial charge in [-0.15, -0.1) is 0 Å². The van der Waals surface area contributed by atoms with E-state index in [1.165, 1.54) is 12.3 Å². The first-order chi connectivity index (χ1) is 11.5. The summed E-state index contributed by atoms with van der Waals surface area (Å²) in [6, 6.07) is 6.82. The summed E-state index contributed by atoms with van der Waals surface area (Å²) < 4.78 is 8.19. The van der Waals surface area contributed by atoms with Crippen molar-refractivity contribution in [3.05, 3.63) is 47.7 Å². The van der Waals surface area contributed by atoms with Crippen molar-refractivity contribution in [2.24, 2.45) is 5.92 Å². The number of carboxylic acid groups (broad SMARTS) is 1. The molecule has 6 nitrogen and oxygen atoms in total. The van der Waals surface area contributed by atoms with Crippen LogP contribution in [0.2, 0.25) is 0 Å². The molecular weight excluding hydrogens is 349 g/mol. The van der Waals surface area contributed by atoms with Gasteiger partial charge in [-0.3, -0.25) is 4.79 Å². The summed E-state index contributed by atoms with van der Waals surface area (Å²) in [7, 11) is 1.00. The molecule has 7 heteroatoms. The topological polar surface area (TPSA) is 104 Å². The van der Waals surface area contributed by atoms with E-state index in [-0.39, 0.29) is 11.7 Å². The van der Waals surface area contributed by atoms with Crippen LogP contribution in [0.4, 0.5) is 0 Å². The molecular formula is C17H21NO5V. The van der Waals surface area contributed by atoms with Crippen molar-refractivity contribution in [1.82, 2.24) is 5.32 Å². The minimum atomic E-state index is -0.927. The summed E-state index contributed by atoms with van der Waals surface area (Å²) in [5.41, 5.74) is 2.27. The Hall–Kier alpha value is -2.02. The number of aliphatic carboxylic acids is 1. The second-order valence-corrected chi connectivity index (χ2v) is 5.07. The Balaban J connectivity index is 0.00000123. The molecule has 0 fully saturated rings. The number of aliphatic hydroxyl groups excluding tert-OH is 1. The van der Waals surface area contributed by atoms with E-state index in [1.54, 1.807) is 6.08 Å². The summed E-state index contributed by atoms with van der Waals surface area (Å²) >= 11 is 1.06. The van der Waals surface area contributed by atoms with Crippen LogP contribution >= 0.6 is 0 Å². The normalized spacial score (nSPS) is 14.7. The number of benzene rings is 1. The van der Waals surface area contributed by atoms with E-state index >= 15 is 0 Å². The Kier molecular flexibility index (Phi) is 10.5. The fourth-order valence-electron chi connectivity index (χ4n) is 2.15. The SMILES string of the molecule is CC(C)[C@H](N/C=C1\C(=O)C=Cc2ccccc21)C(=O)O.CO.[O]=[V]. The first-order valence-electron chi connectivity index (χ1n) is 7.14. The average molecular weight is 370 g/mol. The van der Waals surface area contributed by atoms with Crippen LogP contribution in [-0.4, -0.2) is 35.1 Å². The second-order valence-electron chi connectivity index (χ2n) is 5.07. The Morgan fingerprint density at radius 2 is 1.75 bits per heavy atom. The monoisotopic (exact) mass is 370 g/mol. The Labute approximate surface area is 150 Å². The molecule has 0 radical (unpaired) electrons. The van der Waals surface area contributed by atoms with Crippen LogP contribution in [0.25, 0.3) is 11.6 Å². The molecule has 0 aromatic heterocycles. The van der Waals surface area contributed by atoms with E-state index in [1.807, 2.05) is 38.1 Å². The molecule has 129 valence electrons. The van der Waals surface area contributed by atoms with Crippen LogP contribution < -0.4 is 5.32 Å². The molecule has 1 aliphatic carbocycles. The van der Waals surface area contributed by atoms with Crippen molar-refractivity contribution in [3.8, 4) is 0 Å². The van der Waals surface area contributed by atoms with Crippen molar-refractivity contribution < 1.29 is 40.8 Å². The van der Waals surface area contributed by atoms with Gasteiger partial charge in [-0.05, 0) is 23.1 Å². The molecule has 1 aromatic carbocycles. The Morgan fingerprint density at radius 1 is 1.17 bits per heavy atom. The fraction of sp³-hybridized carbons (Fsp3) is 0.294. The Morgan fingerprint density at radius 3 is 2.29 bits per heavy atom. The maximum atomic E-state index is 12.0. The van der Waals surface area contributed by atoms with E-state index < -0.39 is 12.0 Å². The number of allylic oxidation sites excluding steroid dienone is 2. The van der Waals surface area contributed by atoms with Crippen molar-refractivity contribution in [3.63, 3.8) is 0 Å². The van der Waals surface area contributed by atoms with Crippen molar-refractivity contribution >= 4 is 23.4 Å². The number of rotatable bonds is 4. The number of carboxylic acids is 1. The van der Waals surface area contributed by atoms with Gasteiger partial charge in [0, 0.05) is 18.9 Å². The number of carbonyl (C=O) groups is 2. The van der Waals surface area contributed by atoms with Crippen molar-refractivity contribution in [2.45, 2.75) is 19.9 Å². The molecule has 0 bridgehead atoms. The third kappa shape index (κ3) is 5.88. The van der Waals surface area contributed by atoms with Gasteiger partial charge in [0.2, 0.25) is 0 Å². The summed E-state index contributed by atoms with van der Waals surface area (Å²) in [5.74, 6) is -1.12. The van der Waals surface area contributed by atoms with Gasteiger partial charge < -0.3 is 15.5 Å². The molecule has 24 heavy (non-hydrogen) atoms. The fourth-order valence-corrected chi connectivity index (χ4v) is 2.15. The van der Waals surface area contributed by atoms with E-state index in [0.717, 1.165) is 35.6 Å². The molecule has 0 aliphatic heterocycles. The summed E-state index contributed by atoms with van der Waals surface area (Å²) in [4.78, 5) is 23.1. The van der Waals surface area contributed by atoms with Gasteiger partial charge in [0.25, 0.3) is 0 Å². The predicted molar refractivity (Wildman–Crippen MR) is 86.7 cm³/mol. The van der Waals surface area contributed by atoms with Crippen molar-refractivity contribution in [1.29, 1.82) is 0 Å². The number of fused-ring (bicyclic) bond motifs is 1. The number of aliphatic hydroxyl groups is 1. The quantitative estimate of drug-likeness (QED) is 0.699. The Bertz CT molecular complexity index is 625. The third-order valence-electron chi connectivity index (χ3n) is 3.27. The average Bonchev–Trinajstić information content (AvgIpc) is 2.60. The first kappa shape index (κ1) is 22.0. The zero-order chi connectivity index (χ0) is 18.7. The second kappa shape index (κ2) is 11.5. The van der Waals surface area contributed by atoms with Crippen molar-refractivity contribution in [2.75, 3.05) is 7.11 Å². The van der Waals surface area contributed by atoms with Gasteiger partial charge in [-0.2, -0.15) is 0 Å². The van der Waals surface area contributed by atoms with Crippen LogP contribution in [0.15, 0.2) is 36.5 Å². The van der Waals surface area contributed by atoms with Crippen LogP contribution in [0.3, 0.4) is 0 Å². The van der Waals surface area contributed by atoms with Gasteiger partial charge in [0.05, 0.1) is 0 Å². The standard InChI is InChI=1S/C16H17NO3.CH4O.O.V/c1-10(2)15(16(19)20)17-9-13-12-6-4-3-5-11(12)7-8-14(13)18;1-2;;/h3-10,15,17H,1-2H3,(H,19,20);2H,1H3;;/b13-9-;;;/t15-;;;/m0.../s1. The van der Waals surface area contributed by atoms with Gasteiger partial charge in [0.1, 0.15) is 6.04 Å². The van der Waals surface area contributed by atoms with Gasteiger partial charge >= 0.3 is 27.0 Å². The molecule has 0 amide bonds.